The molecular formula is C9H21N. The van der Waals surface area contributed by atoms with Crippen LogP contribution in [-0.4, -0.2) is 6.04 Å². The van der Waals surface area contributed by atoms with Crippen LogP contribution in [0.25, 0.3) is 0 Å². The molecule has 0 saturated carbocycles. The second-order valence-electron chi connectivity index (χ2n) is 3.63. The minimum absolute atomic E-state index is 0.414. The van der Waals surface area contributed by atoms with Crippen molar-refractivity contribution < 1.29 is 0 Å². The predicted octanol–water partition coefficient (Wildman–Crippen LogP) is 2.41. The van der Waals surface area contributed by atoms with Crippen LogP contribution in [0.15, 0.2) is 0 Å². The summed E-state index contributed by atoms with van der Waals surface area (Å²) in [5, 5.41) is 0. The van der Waals surface area contributed by atoms with Crippen LogP contribution in [0.3, 0.4) is 0 Å². The lowest BCUT2D eigenvalue weighted by Crippen LogP contribution is -2.23. The van der Waals surface area contributed by atoms with Crippen LogP contribution in [0.2, 0.25) is 0 Å². The average Bonchev–Trinajstić information content (AvgIpc) is 1.87. The van der Waals surface area contributed by atoms with Gasteiger partial charge in [0.25, 0.3) is 0 Å². The van der Waals surface area contributed by atoms with Gasteiger partial charge in [0.15, 0.2) is 0 Å². The Kier molecular flexibility index (Phi) is 4.71. The lowest BCUT2D eigenvalue weighted by molar-refractivity contribution is 0.356. The van der Waals surface area contributed by atoms with Crippen LogP contribution in [0.4, 0.5) is 0 Å². The molecule has 0 unspecified atom stereocenters. The molecule has 0 aliphatic rings. The predicted molar refractivity (Wildman–Crippen MR) is 46.9 cm³/mol. The first-order chi connectivity index (χ1) is 4.57. The molecule has 0 aliphatic carbocycles. The summed E-state index contributed by atoms with van der Waals surface area (Å²) in [5.41, 5.74) is 5.81. The third-order valence-electron chi connectivity index (χ3n) is 2.34. The zero-order valence-corrected chi connectivity index (χ0v) is 7.72. The third-order valence-corrected chi connectivity index (χ3v) is 2.34. The first kappa shape index (κ1) is 9.96. The molecule has 10 heavy (non-hydrogen) atoms. The number of hydrogen-bond acceptors (Lipinski definition) is 1. The molecule has 0 fully saturated rings. The molecule has 0 radical (unpaired) electrons. The van der Waals surface area contributed by atoms with E-state index in [0.717, 1.165) is 18.3 Å². The third kappa shape index (κ3) is 3.89. The number of nitrogens with two attached hydrogens (primary N) is 1. The van der Waals surface area contributed by atoms with Gasteiger partial charge in [0.2, 0.25) is 0 Å². The van der Waals surface area contributed by atoms with Crippen LogP contribution in [0.5, 0.6) is 0 Å². The van der Waals surface area contributed by atoms with Gasteiger partial charge in [-0.2, -0.15) is 0 Å². The highest BCUT2D eigenvalue weighted by molar-refractivity contribution is 4.65. The van der Waals surface area contributed by atoms with Crippen LogP contribution in [0, 0.1) is 11.8 Å². The summed E-state index contributed by atoms with van der Waals surface area (Å²) in [5.74, 6) is 1.55. The SMILES string of the molecule is CC[C@@H](N)C[C@@H](C)C(C)C. The molecule has 0 amide bonds. The van der Waals surface area contributed by atoms with Gasteiger partial charge in [0.1, 0.15) is 0 Å². The highest BCUT2D eigenvalue weighted by Gasteiger charge is 2.10. The Morgan fingerprint density at radius 1 is 1.20 bits per heavy atom. The molecule has 0 spiro atoms. The second-order valence-corrected chi connectivity index (χ2v) is 3.63. The summed E-state index contributed by atoms with van der Waals surface area (Å²) in [6, 6.07) is 0.414. The maximum atomic E-state index is 5.81. The zero-order chi connectivity index (χ0) is 8.15. The Bertz CT molecular complexity index is 78.8. The normalized spacial score (nSPS) is 17.4. The molecule has 0 bridgehead atoms. The van der Waals surface area contributed by atoms with E-state index < -0.39 is 0 Å². The van der Waals surface area contributed by atoms with Gasteiger partial charge in [-0.3, -0.25) is 0 Å². The molecule has 1 heteroatoms. The van der Waals surface area contributed by atoms with Gasteiger partial charge < -0.3 is 5.73 Å². The fraction of sp³-hybridized carbons (Fsp3) is 1.00. The fourth-order valence-electron chi connectivity index (χ4n) is 0.916. The monoisotopic (exact) mass is 143 g/mol. The molecular weight excluding hydrogens is 122 g/mol. The van der Waals surface area contributed by atoms with Crippen LogP contribution < -0.4 is 5.73 Å². The first-order valence-electron chi connectivity index (χ1n) is 4.33. The van der Waals surface area contributed by atoms with E-state index in [9.17, 15) is 0 Å². The Morgan fingerprint density at radius 2 is 1.70 bits per heavy atom. The van der Waals surface area contributed by atoms with Gasteiger partial charge in [-0.05, 0) is 24.7 Å². The quantitative estimate of drug-likeness (QED) is 0.642. The largest absolute Gasteiger partial charge is 0.328 e. The second kappa shape index (κ2) is 4.73. The van der Waals surface area contributed by atoms with E-state index in [1.807, 2.05) is 0 Å². The molecule has 0 aromatic heterocycles. The molecule has 1 nitrogen and oxygen atoms in total. The molecule has 0 saturated heterocycles. The summed E-state index contributed by atoms with van der Waals surface area (Å²) in [7, 11) is 0. The summed E-state index contributed by atoms with van der Waals surface area (Å²) < 4.78 is 0. The van der Waals surface area contributed by atoms with Crippen LogP contribution in [-0.2, 0) is 0 Å². The van der Waals surface area contributed by atoms with Gasteiger partial charge in [0, 0.05) is 6.04 Å². The average molecular weight is 143 g/mol. The highest BCUT2D eigenvalue weighted by atomic mass is 14.6. The summed E-state index contributed by atoms with van der Waals surface area (Å²) in [6.45, 7) is 8.94. The van der Waals surface area contributed by atoms with E-state index >= 15 is 0 Å². The maximum Gasteiger partial charge on any atom is 0.00388 e. The molecule has 62 valence electrons. The Morgan fingerprint density at radius 3 is 2.00 bits per heavy atom. The van der Waals surface area contributed by atoms with E-state index in [1.165, 1.54) is 6.42 Å². The molecule has 0 rings (SSSR count). The van der Waals surface area contributed by atoms with Crippen LogP contribution >= 0.6 is 0 Å². The minimum Gasteiger partial charge on any atom is -0.328 e. The summed E-state index contributed by atoms with van der Waals surface area (Å²) >= 11 is 0. The smallest absolute Gasteiger partial charge is 0.00388 e. The van der Waals surface area contributed by atoms with E-state index in [-0.39, 0.29) is 0 Å². The fourth-order valence-corrected chi connectivity index (χ4v) is 0.916. The van der Waals surface area contributed by atoms with Crippen LogP contribution in [0.1, 0.15) is 40.5 Å². The number of hydrogen-bond donors (Lipinski definition) is 1. The summed E-state index contributed by atoms with van der Waals surface area (Å²) in [4.78, 5) is 0. The summed E-state index contributed by atoms with van der Waals surface area (Å²) in [6.07, 6.45) is 2.28. The van der Waals surface area contributed by atoms with Crippen molar-refractivity contribution in [1.82, 2.24) is 0 Å². The van der Waals surface area contributed by atoms with E-state index in [4.69, 9.17) is 5.73 Å². The molecule has 0 aromatic rings. The molecule has 2 atom stereocenters. The zero-order valence-electron chi connectivity index (χ0n) is 7.72. The van der Waals surface area contributed by atoms with Gasteiger partial charge in [-0.1, -0.05) is 27.7 Å². The van der Waals surface area contributed by atoms with Gasteiger partial charge >= 0.3 is 0 Å². The Hall–Kier alpha value is -0.0400. The standard InChI is InChI=1S/C9H21N/c1-5-9(10)6-8(4)7(2)3/h7-9H,5-6,10H2,1-4H3/t8-,9-/m1/s1. The Labute approximate surface area is 65.0 Å². The van der Waals surface area contributed by atoms with Crippen molar-refractivity contribution in [3.8, 4) is 0 Å². The topological polar surface area (TPSA) is 26.0 Å². The lowest BCUT2D eigenvalue weighted by atomic mass is 9.91. The van der Waals surface area contributed by atoms with Crippen molar-refractivity contribution in [2.75, 3.05) is 0 Å². The molecule has 0 aromatic carbocycles. The molecule has 0 aliphatic heterocycles. The van der Waals surface area contributed by atoms with Crippen molar-refractivity contribution in [3.63, 3.8) is 0 Å². The van der Waals surface area contributed by atoms with E-state index in [2.05, 4.69) is 27.7 Å². The van der Waals surface area contributed by atoms with Crippen molar-refractivity contribution in [2.24, 2.45) is 17.6 Å². The highest BCUT2D eigenvalue weighted by Crippen LogP contribution is 2.15. The van der Waals surface area contributed by atoms with Gasteiger partial charge in [0.05, 0.1) is 0 Å². The van der Waals surface area contributed by atoms with Crippen molar-refractivity contribution in [2.45, 2.75) is 46.6 Å². The van der Waals surface area contributed by atoms with E-state index in [0.29, 0.717) is 6.04 Å². The minimum atomic E-state index is 0.414. The Balaban J connectivity index is 3.46. The van der Waals surface area contributed by atoms with Crippen molar-refractivity contribution in [1.29, 1.82) is 0 Å². The molecule has 0 heterocycles. The molecule has 2 N–H and O–H groups in total. The van der Waals surface area contributed by atoms with Gasteiger partial charge in [-0.15, -0.1) is 0 Å². The number of rotatable bonds is 4. The van der Waals surface area contributed by atoms with Crippen molar-refractivity contribution >= 4 is 0 Å². The lowest BCUT2D eigenvalue weighted by Gasteiger charge is -2.18. The van der Waals surface area contributed by atoms with Crippen molar-refractivity contribution in [3.05, 3.63) is 0 Å². The van der Waals surface area contributed by atoms with E-state index in [1.54, 1.807) is 0 Å². The maximum absolute atomic E-state index is 5.81. The van der Waals surface area contributed by atoms with Gasteiger partial charge in [-0.25, -0.2) is 0 Å². The first-order valence-corrected chi connectivity index (χ1v) is 4.33.